The second kappa shape index (κ2) is 11.6. The zero-order valence-corrected chi connectivity index (χ0v) is 21.3. The quantitative estimate of drug-likeness (QED) is 0.351. The molecule has 3 heterocycles. The van der Waals surface area contributed by atoms with Gasteiger partial charge in [-0.3, -0.25) is 14.7 Å². The summed E-state index contributed by atoms with van der Waals surface area (Å²) in [6.07, 6.45) is 6.00. The number of hydrogen-bond acceptors (Lipinski definition) is 4. The van der Waals surface area contributed by atoms with E-state index in [4.69, 9.17) is 0 Å². The number of piperazine rings is 1. The molecule has 1 atom stereocenters. The maximum Gasteiger partial charge on any atom is 0.239 e. The van der Waals surface area contributed by atoms with Crippen molar-refractivity contribution >= 4 is 35.8 Å². The van der Waals surface area contributed by atoms with E-state index in [0.717, 1.165) is 70.3 Å². The van der Waals surface area contributed by atoms with Gasteiger partial charge in [0.1, 0.15) is 0 Å². The number of amides is 1. The number of nitrogens with one attached hydrogen (secondary N) is 1. The Morgan fingerprint density at radius 3 is 2.34 bits per heavy atom. The van der Waals surface area contributed by atoms with Crippen LogP contribution in [0, 0.1) is 0 Å². The highest BCUT2D eigenvalue weighted by Crippen LogP contribution is 2.14. The van der Waals surface area contributed by atoms with Crippen LogP contribution in [0.5, 0.6) is 0 Å². The lowest BCUT2D eigenvalue weighted by molar-refractivity contribution is -0.135. The molecule has 2 fully saturated rings. The molecule has 4 rings (SSSR count). The normalized spacial score (nSPS) is 18.4. The Morgan fingerprint density at radius 1 is 1.06 bits per heavy atom. The van der Waals surface area contributed by atoms with E-state index in [-0.39, 0.29) is 35.9 Å². The minimum Gasteiger partial charge on any atom is -0.352 e. The summed E-state index contributed by atoms with van der Waals surface area (Å²) in [6.45, 7) is 8.10. The highest BCUT2D eigenvalue weighted by Gasteiger charge is 2.30. The fraction of sp³-hybridized carbons (Fsp3) is 0.522. The fourth-order valence-corrected chi connectivity index (χ4v) is 4.38. The van der Waals surface area contributed by atoms with Crippen LogP contribution >= 0.6 is 24.0 Å². The number of likely N-dealkylation sites (tertiary alicyclic amines) is 1. The molecule has 0 radical (unpaired) electrons. The van der Waals surface area contributed by atoms with Gasteiger partial charge < -0.3 is 15.1 Å². The van der Waals surface area contributed by atoms with Crippen LogP contribution in [0.4, 0.5) is 0 Å². The summed E-state index contributed by atoms with van der Waals surface area (Å²) >= 11 is 0. The number of benzene rings is 1. The number of carbonyl (C=O) groups is 1. The number of aliphatic imine (C=N–C) groups is 1. The monoisotopic (exact) mass is 551 g/mol. The Labute approximate surface area is 207 Å². The van der Waals surface area contributed by atoms with E-state index < -0.39 is 0 Å². The van der Waals surface area contributed by atoms with E-state index in [1.807, 2.05) is 28.9 Å². The van der Waals surface area contributed by atoms with Gasteiger partial charge >= 0.3 is 0 Å². The van der Waals surface area contributed by atoms with Crippen molar-refractivity contribution in [2.24, 2.45) is 4.99 Å². The van der Waals surface area contributed by atoms with E-state index in [0.29, 0.717) is 0 Å². The molecule has 174 valence electrons. The summed E-state index contributed by atoms with van der Waals surface area (Å²) in [5.74, 6) is 1.20. The Bertz CT molecular complexity index is 870. The first-order valence-corrected chi connectivity index (χ1v) is 11.2. The number of carbonyl (C=O) groups excluding carboxylic acids is 1. The number of nitrogens with zero attached hydrogens (tertiary/aromatic N) is 6. The fourth-order valence-electron chi connectivity index (χ4n) is 4.38. The van der Waals surface area contributed by atoms with Crippen LogP contribution in [0.2, 0.25) is 0 Å². The van der Waals surface area contributed by atoms with Crippen LogP contribution in [-0.4, -0.2) is 88.7 Å². The predicted octanol–water partition coefficient (Wildman–Crippen LogP) is 2.19. The lowest BCUT2D eigenvalue weighted by Gasteiger charge is -2.39. The molecule has 2 aliphatic rings. The maximum absolute atomic E-state index is 12.7. The third-order valence-electron chi connectivity index (χ3n) is 6.30. The highest BCUT2D eigenvalue weighted by atomic mass is 127. The molecule has 1 N–H and O–H groups in total. The molecule has 1 unspecified atom stereocenters. The van der Waals surface area contributed by atoms with Crippen LogP contribution in [0.1, 0.15) is 25.3 Å². The topological polar surface area (TPSA) is 69.0 Å². The SMILES string of the molecule is CN=C(NCc1ccc(-n2cccn2)cc1)N1CCN(C(C)C(=O)N2CCCC2)CC1.I. The average Bonchev–Trinajstić information content (AvgIpc) is 3.54. The van der Waals surface area contributed by atoms with Crippen molar-refractivity contribution in [3.63, 3.8) is 0 Å². The standard InChI is InChI=1S/C23H33N7O.HI/c1-19(22(31)28-11-3-4-12-28)27-14-16-29(17-15-27)23(24-2)25-18-20-6-8-21(9-7-20)30-13-5-10-26-30;/h5-10,13,19H,3-4,11-12,14-18H2,1-2H3,(H,24,25);1H. The van der Waals surface area contributed by atoms with E-state index in [1.165, 1.54) is 5.56 Å². The molecule has 32 heavy (non-hydrogen) atoms. The van der Waals surface area contributed by atoms with Gasteiger partial charge in [0.15, 0.2) is 5.96 Å². The van der Waals surface area contributed by atoms with Gasteiger partial charge in [-0.1, -0.05) is 12.1 Å². The van der Waals surface area contributed by atoms with E-state index in [2.05, 4.69) is 56.4 Å². The minimum absolute atomic E-state index is 0. The molecule has 8 nitrogen and oxygen atoms in total. The smallest absolute Gasteiger partial charge is 0.239 e. The molecule has 2 aromatic rings. The highest BCUT2D eigenvalue weighted by molar-refractivity contribution is 14.0. The molecular formula is C23H34IN7O. The van der Waals surface area contributed by atoms with E-state index >= 15 is 0 Å². The first kappa shape index (κ1) is 24.5. The van der Waals surface area contributed by atoms with Gasteiger partial charge in [-0.2, -0.15) is 5.10 Å². The van der Waals surface area contributed by atoms with Crippen LogP contribution in [-0.2, 0) is 11.3 Å². The number of rotatable bonds is 5. The molecule has 1 amide bonds. The Kier molecular flexibility index (Phi) is 8.92. The number of aromatic nitrogens is 2. The predicted molar refractivity (Wildman–Crippen MR) is 138 cm³/mol. The molecule has 0 bridgehead atoms. The van der Waals surface area contributed by atoms with Crippen molar-refractivity contribution < 1.29 is 4.79 Å². The zero-order chi connectivity index (χ0) is 21.6. The van der Waals surface area contributed by atoms with Gasteiger partial charge in [0, 0.05) is 65.3 Å². The van der Waals surface area contributed by atoms with Crippen molar-refractivity contribution in [1.29, 1.82) is 0 Å². The molecule has 0 saturated carbocycles. The van der Waals surface area contributed by atoms with Crippen LogP contribution < -0.4 is 5.32 Å². The second-order valence-corrected chi connectivity index (χ2v) is 8.25. The van der Waals surface area contributed by atoms with Gasteiger partial charge in [0.25, 0.3) is 0 Å². The molecule has 0 spiro atoms. The Hall–Kier alpha value is -2.14. The molecular weight excluding hydrogens is 517 g/mol. The molecule has 2 aliphatic heterocycles. The molecule has 1 aromatic carbocycles. The van der Waals surface area contributed by atoms with Crippen LogP contribution in [0.15, 0.2) is 47.7 Å². The maximum atomic E-state index is 12.7. The summed E-state index contributed by atoms with van der Waals surface area (Å²) in [4.78, 5) is 23.8. The largest absolute Gasteiger partial charge is 0.352 e. The van der Waals surface area contributed by atoms with Crippen molar-refractivity contribution in [3.05, 3.63) is 48.3 Å². The zero-order valence-electron chi connectivity index (χ0n) is 19.0. The third-order valence-corrected chi connectivity index (χ3v) is 6.30. The third kappa shape index (κ3) is 5.80. The van der Waals surface area contributed by atoms with Crippen molar-refractivity contribution in [1.82, 2.24) is 29.8 Å². The summed E-state index contributed by atoms with van der Waals surface area (Å²) in [5.41, 5.74) is 2.24. The van der Waals surface area contributed by atoms with E-state index in [1.54, 1.807) is 6.20 Å². The van der Waals surface area contributed by atoms with E-state index in [9.17, 15) is 4.79 Å². The molecule has 9 heteroatoms. The van der Waals surface area contributed by atoms with Gasteiger partial charge in [-0.25, -0.2) is 4.68 Å². The summed E-state index contributed by atoms with van der Waals surface area (Å²) in [5, 5.41) is 7.74. The Balaban J connectivity index is 0.00000289. The van der Waals surface area contributed by atoms with Crippen molar-refractivity contribution in [2.45, 2.75) is 32.4 Å². The molecule has 2 saturated heterocycles. The first-order valence-electron chi connectivity index (χ1n) is 11.2. The van der Waals surface area contributed by atoms with Gasteiger partial charge in [0.05, 0.1) is 11.7 Å². The van der Waals surface area contributed by atoms with Crippen LogP contribution in [0.3, 0.4) is 0 Å². The lowest BCUT2D eigenvalue weighted by Crippen LogP contribution is -2.57. The lowest BCUT2D eigenvalue weighted by atomic mass is 10.2. The van der Waals surface area contributed by atoms with Gasteiger partial charge in [0.2, 0.25) is 5.91 Å². The minimum atomic E-state index is -0.0384. The number of halogens is 1. The number of guanidine groups is 1. The summed E-state index contributed by atoms with van der Waals surface area (Å²) in [7, 11) is 1.83. The Morgan fingerprint density at radius 2 is 1.75 bits per heavy atom. The summed E-state index contributed by atoms with van der Waals surface area (Å²) < 4.78 is 1.85. The van der Waals surface area contributed by atoms with Crippen molar-refractivity contribution in [2.75, 3.05) is 46.3 Å². The molecule has 0 aliphatic carbocycles. The van der Waals surface area contributed by atoms with Gasteiger partial charge in [-0.05, 0) is 43.5 Å². The molecule has 1 aromatic heterocycles. The number of hydrogen-bond donors (Lipinski definition) is 1. The van der Waals surface area contributed by atoms with Gasteiger partial charge in [-0.15, -0.1) is 24.0 Å². The first-order chi connectivity index (χ1) is 15.2. The average molecular weight is 551 g/mol. The summed E-state index contributed by atoms with van der Waals surface area (Å²) in [6, 6.07) is 10.3. The van der Waals surface area contributed by atoms with Crippen molar-refractivity contribution in [3.8, 4) is 5.69 Å². The second-order valence-electron chi connectivity index (χ2n) is 8.25. The van der Waals surface area contributed by atoms with Crippen LogP contribution in [0.25, 0.3) is 5.69 Å².